The summed E-state index contributed by atoms with van der Waals surface area (Å²) in [7, 11) is 0. The van der Waals surface area contributed by atoms with Gasteiger partial charge in [-0.2, -0.15) is 5.56 Å². The van der Waals surface area contributed by atoms with Crippen LogP contribution in [0.3, 0.4) is 0 Å². The normalized spacial score (nSPS) is 18.1. The zero-order valence-corrected chi connectivity index (χ0v) is 9.55. The van der Waals surface area contributed by atoms with E-state index in [1.807, 2.05) is 0 Å². The fourth-order valence-corrected chi connectivity index (χ4v) is 2.77. The van der Waals surface area contributed by atoms with E-state index >= 15 is 0 Å². The molecule has 0 N–H and O–H groups in total. The third-order valence-electron chi connectivity index (χ3n) is 3.51. The van der Waals surface area contributed by atoms with Crippen molar-refractivity contribution in [2.45, 2.75) is 44.9 Å². The number of pyridine rings is 1. The van der Waals surface area contributed by atoms with Gasteiger partial charge in [-0.05, 0) is 24.8 Å². The number of aryl methyl sites for hydroxylation is 1. The van der Waals surface area contributed by atoms with Gasteiger partial charge in [-0.15, -0.1) is 12.0 Å². The van der Waals surface area contributed by atoms with Crippen molar-refractivity contribution < 1.29 is 18.9 Å². The third kappa shape index (κ3) is 1.96. The van der Waals surface area contributed by atoms with Crippen LogP contribution in [-0.2, 0) is 19.3 Å². The number of hydrogen-bond acceptors (Lipinski definition) is 1. The fourth-order valence-electron chi connectivity index (χ4n) is 2.77. The predicted octanol–water partition coefficient (Wildman–Crippen LogP) is -0.147. The molecule has 0 saturated carbocycles. The van der Waals surface area contributed by atoms with Crippen LogP contribution in [0.4, 0.5) is 0 Å². The summed E-state index contributed by atoms with van der Waals surface area (Å²) in [5.41, 5.74) is 6.05. The van der Waals surface area contributed by atoms with E-state index in [0.717, 1.165) is 0 Å². The molecule has 15 heavy (non-hydrogen) atoms. The Balaban J connectivity index is 0.000000853. The summed E-state index contributed by atoms with van der Waals surface area (Å²) in [5, 5.41) is 0. The Morgan fingerprint density at radius 3 is 2.73 bits per heavy atom. The molecule has 0 unspecified atom stereocenters. The summed E-state index contributed by atoms with van der Waals surface area (Å²) in [6.07, 6.45) is 13.5. The predicted molar refractivity (Wildman–Crippen MR) is 57.2 cm³/mol. The van der Waals surface area contributed by atoms with Crippen molar-refractivity contribution >= 4 is 0 Å². The maximum Gasteiger partial charge on any atom is 1.00 e. The molecule has 3 rings (SSSR count). The minimum Gasteiger partial charge on any atom is -0.295 e. The standard InChI is InChI=1S/C13H16N.Li/c1-2-6-11-10(5-1)9-14-13-8-4-3-7-12(11)13;/h8-9H,1-7H2;/q-1;+1. The fraction of sp³-hybridized carbons (Fsp3) is 0.538. The molecule has 0 spiro atoms. The monoisotopic (exact) mass is 193 g/mol. The molecule has 1 heterocycles. The van der Waals surface area contributed by atoms with Gasteiger partial charge in [0.15, 0.2) is 0 Å². The Morgan fingerprint density at radius 1 is 1.00 bits per heavy atom. The number of nitrogens with zero attached hydrogens (tertiary/aromatic N) is 1. The Labute approximate surface area is 104 Å². The molecule has 2 heteroatoms. The van der Waals surface area contributed by atoms with Crippen molar-refractivity contribution in [2.24, 2.45) is 0 Å². The van der Waals surface area contributed by atoms with Crippen LogP contribution in [0.1, 0.15) is 48.1 Å². The smallest absolute Gasteiger partial charge is 0.295 e. The van der Waals surface area contributed by atoms with Crippen LogP contribution in [0.2, 0.25) is 0 Å². The molecule has 1 aromatic rings. The Hall–Kier alpha value is -0.383. The van der Waals surface area contributed by atoms with Crippen molar-refractivity contribution in [2.75, 3.05) is 0 Å². The maximum absolute atomic E-state index is 4.58. The zero-order valence-electron chi connectivity index (χ0n) is 9.55. The molecule has 0 amide bonds. The van der Waals surface area contributed by atoms with Gasteiger partial charge in [-0.3, -0.25) is 4.98 Å². The average molecular weight is 193 g/mol. The summed E-state index contributed by atoms with van der Waals surface area (Å²) in [6.45, 7) is 0. The Bertz CT molecular complexity index is 325. The van der Waals surface area contributed by atoms with Crippen LogP contribution in [0, 0.1) is 6.42 Å². The van der Waals surface area contributed by atoms with Gasteiger partial charge in [0.05, 0.1) is 0 Å². The SMILES string of the molecule is [Li+].c1nc2c(c3c1CCCC3)CCC[CH-]2. The summed E-state index contributed by atoms with van der Waals surface area (Å²) in [6, 6.07) is 0. The van der Waals surface area contributed by atoms with Gasteiger partial charge >= 0.3 is 18.9 Å². The third-order valence-corrected chi connectivity index (χ3v) is 3.51. The Morgan fingerprint density at radius 2 is 1.80 bits per heavy atom. The molecule has 0 bridgehead atoms. The molecule has 0 saturated heterocycles. The molecule has 0 fully saturated rings. The Kier molecular flexibility index (Phi) is 3.44. The number of aromatic nitrogens is 1. The molecular formula is C13H16LiN. The second-order valence-electron chi connectivity index (χ2n) is 4.43. The molecule has 2 aliphatic carbocycles. The minimum atomic E-state index is 0. The maximum atomic E-state index is 4.58. The summed E-state index contributed by atoms with van der Waals surface area (Å²) < 4.78 is 0. The van der Waals surface area contributed by atoms with Gasteiger partial charge in [0.1, 0.15) is 0 Å². The molecule has 0 radical (unpaired) electrons. The first-order chi connectivity index (χ1) is 6.95. The number of rotatable bonds is 0. The van der Waals surface area contributed by atoms with Crippen LogP contribution < -0.4 is 18.9 Å². The van der Waals surface area contributed by atoms with Crippen LogP contribution in [0.15, 0.2) is 6.20 Å². The van der Waals surface area contributed by atoms with Crippen LogP contribution in [0.25, 0.3) is 0 Å². The molecular weight excluding hydrogens is 177 g/mol. The topological polar surface area (TPSA) is 12.9 Å². The average Bonchev–Trinajstić information content (AvgIpc) is 2.29. The zero-order chi connectivity index (χ0) is 9.38. The van der Waals surface area contributed by atoms with Crippen molar-refractivity contribution in [1.82, 2.24) is 4.98 Å². The van der Waals surface area contributed by atoms with Gasteiger partial charge in [0.2, 0.25) is 0 Å². The van der Waals surface area contributed by atoms with E-state index in [1.165, 1.54) is 56.2 Å². The first-order valence-electron chi connectivity index (χ1n) is 5.78. The molecule has 0 atom stereocenters. The second kappa shape index (κ2) is 4.64. The van der Waals surface area contributed by atoms with Crippen molar-refractivity contribution in [3.63, 3.8) is 0 Å². The van der Waals surface area contributed by atoms with Crippen LogP contribution >= 0.6 is 0 Å². The minimum absolute atomic E-state index is 0. The molecule has 0 aliphatic heterocycles. The number of fused-ring (bicyclic) bond motifs is 3. The molecule has 2 aliphatic rings. The van der Waals surface area contributed by atoms with Gasteiger partial charge in [-0.1, -0.05) is 25.0 Å². The van der Waals surface area contributed by atoms with Crippen molar-refractivity contribution in [1.29, 1.82) is 0 Å². The van der Waals surface area contributed by atoms with Gasteiger partial charge in [-0.25, -0.2) is 6.42 Å². The van der Waals surface area contributed by atoms with Crippen molar-refractivity contribution in [3.8, 4) is 0 Å². The summed E-state index contributed by atoms with van der Waals surface area (Å²) in [5.74, 6) is 0. The molecule has 0 aromatic carbocycles. The first-order valence-corrected chi connectivity index (χ1v) is 5.78. The summed E-state index contributed by atoms with van der Waals surface area (Å²) >= 11 is 0. The number of hydrogen-bond donors (Lipinski definition) is 0. The van der Waals surface area contributed by atoms with E-state index in [4.69, 9.17) is 0 Å². The summed E-state index contributed by atoms with van der Waals surface area (Å²) in [4.78, 5) is 4.58. The van der Waals surface area contributed by atoms with E-state index in [1.54, 1.807) is 11.1 Å². The first kappa shape index (κ1) is 11.1. The second-order valence-corrected chi connectivity index (χ2v) is 4.43. The van der Waals surface area contributed by atoms with Gasteiger partial charge in [0, 0.05) is 6.20 Å². The van der Waals surface area contributed by atoms with E-state index in [2.05, 4.69) is 17.6 Å². The molecule has 1 nitrogen and oxygen atoms in total. The largest absolute Gasteiger partial charge is 1.00 e. The van der Waals surface area contributed by atoms with Crippen LogP contribution in [-0.4, -0.2) is 4.98 Å². The van der Waals surface area contributed by atoms with Gasteiger partial charge in [0.25, 0.3) is 0 Å². The van der Waals surface area contributed by atoms with Crippen LogP contribution in [0.5, 0.6) is 0 Å². The van der Waals surface area contributed by atoms with E-state index in [9.17, 15) is 0 Å². The van der Waals surface area contributed by atoms with Gasteiger partial charge < -0.3 is 0 Å². The van der Waals surface area contributed by atoms with E-state index < -0.39 is 0 Å². The van der Waals surface area contributed by atoms with E-state index in [-0.39, 0.29) is 18.9 Å². The molecule has 74 valence electrons. The van der Waals surface area contributed by atoms with Crippen molar-refractivity contribution in [3.05, 3.63) is 35.0 Å². The van der Waals surface area contributed by atoms with E-state index in [0.29, 0.717) is 0 Å². The quantitative estimate of drug-likeness (QED) is 0.412. The molecule has 1 aromatic heterocycles.